The maximum atomic E-state index is 14.3. The van der Waals surface area contributed by atoms with Gasteiger partial charge in [-0.2, -0.15) is 5.21 Å². The van der Waals surface area contributed by atoms with E-state index in [9.17, 15) is 9.59 Å². The van der Waals surface area contributed by atoms with Gasteiger partial charge in [-0.15, -0.1) is 10.2 Å². The molecular formula is C34H42N6O3. The Morgan fingerprint density at radius 1 is 1.05 bits per heavy atom. The Labute approximate surface area is 252 Å². The lowest BCUT2D eigenvalue weighted by Crippen LogP contribution is -2.60. The third-order valence-electron chi connectivity index (χ3n) is 9.94. The third-order valence-corrected chi connectivity index (χ3v) is 9.94. The van der Waals surface area contributed by atoms with Crippen molar-refractivity contribution in [1.29, 1.82) is 0 Å². The average molecular weight is 583 g/mol. The number of H-pyrrole nitrogens is 1. The van der Waals surface area contributed by atoms with Crippen molar-refractivity contribution in [2.24, 2.45) is 5.41 Å². The van der Waals surface area contributed by atoms with Gasteiger partial charge in [0.05, 0.1) is 23.6 Å². The molecule has 0 spiro atoms. The van der Waals surface area contributed by atoms with Gasteiger partial charge in [-0.3, -0.25) is 14.3 Å². The molecule has 0 radical (unpaired) electrons. The van der Waals surface area contributed by atoms with Crippen molar-refractivity contribution < 1.29 is 9.53 Å². The molecule has 1 aliphatic carbocycles. The van der Waals surface area contributed by atoms with E-state index in [0.29, 0.717) is 18.9 Å². The lowest BCUT2D eigenvalue weighted by molar-refractivity contribution is -0.167. The molecule has 9 nitrogen and oxygen atoms in total. The van der Waals surface area contributed by atoms with Gasteiger partial charge in [0.2, 0.25) is 5.82 Å². The molecule has 9 heteroatoms. The summed E-state index contributed by atoms with van der Waals surface area (Å²) in [7, 11) is 0. The second-order valence-corrected chi connectivity index (χ2v) is 12.6. The van der Waals surface area contributed by atoms with Crippen LogP contribution in [0.25, 0.3) is 22.5 Å². The van der Waals surface area contributed by atoms with E-state index in [0.717, 1.165) is 84.9 Å². The van der Waals surface area contributed by atoms with E-state index in [1.807, 2.05) is 43.7 Å². The van der Waals surface area contributed by atoms with Crippen LogP contribution in [0.1, 0.15) is 95.5 Å². The van der Waals surface area contributed by atoms with Gasteiger partial charge in [-0.1, -0.05) is 68.3 Å². The number of ether oxygens (including phenoxy) is 1. The van der Waals surface area contributed by atoms with Gasteiger partial charge in [0.1, 0.15) is 0 Å². The van der Waals surface area contributed by atoms with Crippen LogP contribution in [0.15, 0.2) is 53.3 Å². The minimum absolute atomic E-state index is 0.103. The molecule has 4 heterocycles. The van der Waals surface area contributed by atoms with E-state index in [-0.39, 0.29) is 17.6 Å². The quantitative estimate of drug-likeness (QED) is 0.166. The van der Waals surface area contributed by atoms with Crippen molar-refractivity contribution in [3.05, 3.63) is 75.7 Å². The van der Waals surface area contributed by atoms with E-state index in [2.05, 4.69) is 62.6 Å². The van der Waals surface area contributed by atoms with E-state index >= 15 is 0 Å². The second kappa shape index (κ2) is 11.6. The van der Waals surface area contributed by atoms with Crippen LogP contribution in [-0.2, 0) is 27.9 Å². The highest BCUT2D eigenvalue weighted by Gasteiger charge is 2.59. The monoisotopic (exact) mass is 582 g/mol. The largest absolute Gasteiger partial charge is 0.466 e. The molecule has 3 aliphatic rings. The molecule has 1 saturated carbocycles. The van der Waals surface area contributed by atoms with E-state index < -0.39 is 11.0 Å². The Morgan fingerprint density at radius 2 is 1.77 bits per heavy atom. The van der Waals surface area contributed by atoms with Crippen molar-refractivity contribution in [1.82, 2.24) is 30.0 Å². The van der Waals surface area contributed by atoms with Crippen molar-refractivity contribution in [3.8, 4) is 22.5 Å². The van der Waals surface area contributed by atoms with Gasteiger partial charge in [0.15, 0.2) is 0 Å². The maximum absolute atomic E-state index is 14.3. The van der Waals surface area contributed by atoms with Crippen LogP contribution in [-0.4, -0.2) is 42.6 Å². The smallest absolute Gasteiger partial charge is 0.313 e. The van der Waals surface area contributed by atoms with Crippen LogP contribution >= 0.6 is 0 Å². The number of benzene rings is 2. The average Bonchev–Trinajstić information content (AvgIpc) is 3.67. The van der Waals surface area contributed by atoms with Crippen molar-refractivity contribution in [3.63, 3.8) is 0 Å². The van der Waals surface area contributed by atoms with Crippen molar-refractivity contribution in [2.45, 2.75) is 97.1 Å². The summed E-state index contributed by atoms with van der Waals surface area (Å²) in [5.74, 6) is 0.374. The molecule has 2 aliphatic heterocycles. The van der Waals surface area contributed by atoms with Gasteiger partial charge in [-0.05, 0) is 81.2 Å². The molecule has 2 bridgehead atoms. The van der Waals surface area contributed by atoms with Gasteiger partial charge < -0.3 is 4.74 Å². The summed E-state index contributed by atoms with van der Waals surface area (Å²) in [5, 5.41) is 14.6. The first-order valence-corrected chi connectivity index (χ1v) is 15.8. The number of hydrogen-bond acceptors (Lipinski definition) is 6. The number of rotatable bonds is 11. The summed E-state index contributed by atoms with van der Waals surface area (Å²) in [6.45, 7) is 8.45. The first-order valence-electron chi connectivity index (χ1n) is 15.8. The summed E-state index contributed by atoms with van der Waals surface area (Å²) in [6, 6.07) is 16.6. The predicted molar refractivity (Wildman–Crippen MR) is 166 cm³/mol. The molecule has 0 saturated heterocycles. The summed E-state index contributed by atoms with van der Waals surface area (Å²) >= 11 is 0. The molecule has 2 aromatic heterocycles. The number of nitrogens with zero attached hydrogens (tertiary/aromatic N) is 5. The van der Waals surface area contributed by atoms with Gasteiger partial charge in [0, 0.05) is 23.2 Å². The molecule has 0 atom stereocenters. The van der Waals surface area contributed by atoms with Crippen molar-refractivity contribution in [2.75, 3.05) is 6.61 Å². The van der Waals surface area contributed by atoms with Gasteiger partial charge >= 0.3 is 5.97 Å². The first kappa shape index (κ1) is 29.1. The number of tetrazole rings is 1. The number of fused-ring (bicyclic) bond motifs is 2. The van der Waals surface area contributed by atoms with Gasteiger partial charge in [0.25, 0.3) is 5.56 Å². The number of nitrogens with one attached hydrogen (secondary N) is 1. The van der Waals surface area contributed by atoms with Gasteiger partial charge in [-0.25, -0.2) is 4.68 Å². The lowest BCUT2D eigenvalue weighted by Gasteiger charge is -2.55. The molecule has 1 N–H and O–H groups in total. The minimum atomic E-state index is -0.758. The summed E-state index contributed by atoms with van der Waals surface area (Å²) < 4.78 is 9.94. The fourth-order valence-corrected chi connectivity index (χ4v) is 7.52. The predicted octanol–water partition coefficient (Wildman–Crippen LogP) is 6.23. The Morgan fingerprint density at radius 3 is 2.42 bits per heavy atom. The number of aromatic nitrogens is 6. The highest BCUT2D eigenvalue weighted by Crippen LogP contribution is 2.55. The Bertz CT molecular complexity index is 1640. The van der Waals surface area contributed by atoms with Crippen LogP contribution in [0.2, 0.25) is 0 Å². The third kappa shape index (κ3) is 4.82. The Balaban J connectivity index is 1.40. The molecule has 7 rings (SSSR count). The fraction of sp³-hybridized carbons (Fsp3) is 0.500. The zero-order chi connectivity index (χ0) is 30.2. The van der Waals surface area contributed by atoms with Crippen LogP contribution in [0.4, 0.5) is 0 Å². The molecule has 2 aromatic carbocycles. The number of carbonyl (C=O) groups excluding carboxylic acids is 1. The fourth-order valence-electron chi connectivity index (χ4n) is 7.52. The van der Waals surface area contributed by atoms with E-state index in [1.165, 1.54) is 0 Å². The molecule has 1 fully saturated rings. The van der Waals surface area contributed by atoms with Crippen molar-refractivity contribution >= 4 is 5.97 Å². The molecule has 43 heavy (non-hydrogen) atoms. The molecule has 4 aromatic rings. The summed E-state index contributed by atoms with van der Waals surface area (Å²) in [5.41, 5.74) is 4.91. The van der Waals surface area contributed by atoms with Crippen LogP contribution in [0.3, 0.4) is 0 Å². The Kier molecular flexibility index (Phi) is 7.83. The normalized spacial score (nSPS) is 19.4. The molecular weight excluding hydrogens is 540 g/mol. The van der Waals surface area contributed by atoms with Crippen LogP contribution in [0.5, 0.6) is 0 Å². The first-order chi connectivity index (χ1) is 20.8. The number of esters is 1. The van der Waals surface area contributed by atoms with Crippen LogP contribution in [0, 0.1) is 5.41 Å². The zero-order valence-corrected chi connectivity index (χ0v) is 25.7. The van der Waals surface area contributed by atoms with E-state index in [4.69, 9.17) is 4.74 Å². The number of hydrogen-bond donors (Lipinski definition) is 1. The second-order valence-electron chi connectivity index (χ2n) is 12.6. The molecule has 0 amide bonds. The molecule has 226 valence electrons. The highest BCUT2D eigenvalue weighted by atomic mass is 16.5. The summed E-state index contributed by atoms with van der Waals surface area (Å²) in [6.07, 6.45) is 8.19. The number of carbonyl (C=O) groups is 1. The Hall–Kier alpha value is -4.01. The molecule has 0 unspecified atom stereocenters. The standard InChI is InChI=1S/C34H42N6O3/c1-5-7-8-13-29-28(22-23-14-16-24(17-15-23)26-11-9-10-12-27(26)30-35-37-38-36-30)31(41)39-25-18-20-34(21-19-25,40(29)39)33(3,4)32(42)43-6-2/h9-12,14-17,25H,5-8,13,18-22H2,1-4H3,(H,35,36,37,38). The minimum Gasteiger partial charge on any atom is -0.466 e. The zero-order valence-electron chi connectivity index (χ0n) is 25.7. The summed E-state index contributed by atoms with van der Waals surface area (Å²) in [4.78, 5) is 27.7. The van der Waals surface area contributed by atoms with E-state index in [1.54, 1.807) is 0 Å². The highest BCUT2D eigenvalue weighted by molar-refractivity contribution is 5.80. The SMILES string of the molecule is CCCCCc1c(Cc2ccc(-c3ccccc3-c3nn[nH]n3)cc2)c(=O)n2n1C1(C(C)(C)C(=O)OCC)CCC2CC1. The number of unbranched alkanes of at least 4 members (excludes halogenated alkanes) is 2. The van der Waals surface area contributed by atoms with Crippen LogP contribution < -0.4 is 5.56 Å². The maximum Gasteiger partial charge on any atom is 0.313 e. The number of aromatic amines is 1. The lowest BCUT2D eigenvalue weighted by atomic mass is 9.62. The topological polar surface area (TPSA) is 108 Å².